The van der Waals surface area contributed by atoms with E-state index in [1.165, 1.54) is 0 Å². The molecule has 1 amide bonds. The van der Waals surface area contributed by atoms with E-state index in [1.807, 2.05) is 28.9 Å². The second-order valence-corrected chi connectivity index (χ2v) is 9.70. The Bertz CT molecular complexity index is 1460. The molecule has 0 unspecified atom stereocenters. The van der Waals surface area contributed by atoms with Crippen LogP contribution in [0.3, 0.4) is 0 Å². The van der Waals surface area contributed by atoms with E-state index in [-0.39, 0.29) is 18.4 Å². The number of aromatic nitrogens is 4. The largest absolute Gasteiger partial charge is 0.465 e. The Hall–Kier alpha value is -3.72. The van der Waals surface area contributed by atoms with E-state index in [1.54, 1.807) is 6.92 Å². The lowest BCUT2D eigenvalue weighted by Crippen LogP contribution is -2.50. The zero-order valence-corrected chi connectivity index (χ0v) is 22.0. The number of amides is 1. The van der Waals surface area contributed by atoms with Gasteiger partial charge in [0.25, 0.3) is 5.91 Å². The molecule has 1 aromatic carbocycles. The average molecular weight is 503 g/mol. The molecule has 0 radical (unpaired) electrons. The van der Waals surface area contributed by atoms with Gasteiger partial charge >= 0.3 is 5.97 Å². The summed E-state index contributed by atoms with van der Waals surface area (Å²) >= 11 is 0. The first-order valence-electron chi connectivity index (χ1n) is 13.0. The number of benzene rings is 1. The lowest BCUT2D eigenvalue weighted by Gasteiger charge is -2.33. The van der Waals surface area contributed by atoms with Crippen molar-refractivity contribution in [3.8, 4) is 0 Å². The summed E-state index contributed by atoms with van der Waals surface area (Å²) in [6.45, 7) is 11.8. The van der Waals surface area contributed by atoms with E-state index in [0.29, 0.717) is 45.0 Å². The number of ether oxygens (including phenoxy) is 1. The highest BCUT2D eigenvalue weighted by Crippen LogP contribution is 2.23. The van der Waals surface area contributed by atoms with Crippen LogP contribution in [0.2, 0.25) is 0 Å². The van der Waals surface area contributed by atoms with E-state index in [0.717, 1.165) is 51.1 Å². The number of hydrogen-bond acceptors (Lipinski definition) is 6. The molecule has 9 nitrogen and oxygen atoms in total. The smallest absolute Gasteiger partial charge is 0.320 e. The van der Waals surface area contributed by atoms with Gasteiger partial charge in [-0.25, -0.2) is 9.97 Å². The third kappa shape index (κ3) is 5.09. The number of piperazine rings is 1. The highest BCUT2D eigenvalue weighted by Gasteiger charge is 2.24. The van der Waals surface area contributed by atoms with Crippen molar-refractivity contribution in [1.29, 1.82) is 0 Å². The van der Waals surface area contributed by atoms with Gasteiger partial charge in [0.15, 0.2) is 5.65 Å². The molecule has 0 saturated carbocycles. The molecule has 0 aliphatic carbocycles. The Kier molecular flexibility index (Phi) is 6.97. The summed E-state index contributed by atoms with van der Waals surface area (Å²) in [5, 5.41) is 1.00. The van der Waals surface area contributed by atoms with Crippen LogP contribution in [0.25, 0.3) is 22.1 Å². The number of esters is 1. The van der Waals surface area contributed by atoms with Gasteiger partial charge in [0, 0.05) is 49.2 Å². The van der Waals surface area contributed by atoms with Crippen molar-refractivity contribution in [1.82, 2.24) is 29.3 Å². The number of imidazole rings is 1. The molecule has 194 valence electrons. The number of nitrogens with zero attached hydrogens (tertiary/aromatic N) is 5. The number of H-pyrrole nitrogens is 1. The standard InChI is InChI=1S/C28H34N6O3/c1-5-24-31-26-18(3)13-19(4)29-27(26)34(24)16-20-7-8-22-21(14-20)15-23(30-22)28(36)33-11-9-32(10-12-33)17-25(35)37-6-2/h7-8,13-15,30H,5-6,9-12,16-17H2,1-4H3. The Morgan fingerprint density at radius 2 is 1.81 bits per heavy atom. The first-order chi connectivity index (χ1) is 17.9. The molecular weight excluding hydrogens is 468 g/mol. The summed E-state index contributed by atoms with van der Waals surface area (Å²) in [6.07, 6.45) is 0.826. The van der Waals surface area contributed by atoms with Crippen LogP contribution in [0.1, 0.15) is 47.0 Å². The summed E-state index contributed by atoms with van der Waals surface area (Å²) in [6, 6.07) is 10.3. The van der Waals surface area contributed by atoms with Crippen LogP contribution in [-0.2, 0) is 22.5 Å². The molecule has 4 heterocycles. The molecule has 1 N–H and O–H groups in total. The second-order valence-electron chi connectivity index (χ2n) is 9.70. The van der Waals surface area contributed by atoms with Crippen molar-refractivity contribution in [2.75, 3.05) is 39.3 Å². The number of fused-ring (bicyclic) bond motifs is 2. The number of pyridine rings is 1. The van der Waals surface area contributed by atoms with Gasteiger partial charge in [-0.3, -0.25) is 14.5 Å². The van der Waals surface area contributed by atoms with E-state index >= 15 is 0 Å². The maximum atomic E-state index is 13.2. The van der Waals surface area contributed by atoms with Gasteiger partial charge in [0.05, 0.1) is 19.7 Å². The molecule has 1 aliphatic heterocycles. The minimum atomic E-state index is -0.218. The summed E-state index contributed by atoms with van der Waals surface area (Å²) < 4.78 is 7.23. The zero-order chi connectivity index (χ0) is 26.1. The molecule has 3 aromatic heterocycles. The van der Waals surface area contributed by atoms with E-state index in [2.05, 4.69) is 41.6 Å². The van der Waals surface area contributed by atoms with E-state index < -0.39 is 0 Å². The Labute approximate surface area is 216 Å². The average Bonchev–Trinajstić information content (AvgIpc) is 3.45. The van der Waals surface area contributed by atoms with Gasteiger partial charge in [-0.1, -0.05) is 13.0 Å². The summed E-state index contributed by atoms with van der Waals surface area (Å²) in [4.78, 5) is 41.8. The van der Waals surface area contributed by atoms with Crippen LogP contribution in [-0.4, -0.2) is 80.5 Å². The van der Waals surface area contributed by atoms with Crippen LogP contribution >= 0.6 is 0 Å². The Morgan fingerprint density at radius 1 is 1.03 bits per heavy atom. The molecule has 0 bridgehead atoms. The van der Waals surface area contributed by atoms with Gasteiger partial charge < -0.3 is 19.2 Å². The van der Waals surface area contributed by atoms with Crippen LogP contribution in [0.15, 0.2) is 30.3 Å². The first-order valence-corrected chi connectivity index (χ1v) is 13.0. The minimum absolute atomic E-state index is 0.0162. The quantitative estimate of drug-likeness (QED) is 0.389. The van der Waals surface area contributed by atoms with Gasteiger partial charge in [-0.15, -0.1) is 0 Å². The number of nitrogens with one attached hydrogen (secondary N) is 1. The molecule has 1 fully saturated rings. The fourth-order valence-electron chi connectivity index (χ4n) is 5.13. The van der Waals surface area contributed by atoms with Gasteiger partial charge in [-0.2, -0.15) is 0 Å². The predicted octanol–water partition coefficient (Wildman–Crippen LogP) is 3.46. The Morgan fingerprint density at radius 3 is 2.54 bits per heavy atom. The number of rotatable bonds is 7. The number of aromatic amines is 1. The summed E-state index contributed by atoms with van der Waals surface area (Å²) in [5.41, 5.74) is 6.65. The van der Waals surface area contributed by atoms with Crippen LogP contribution in [0, 0.1) is 13.8 Å². The second kappa shape index (κ2) is 10.3. The fourth-order valence-corrected chi connectivity index (χ4v) is 5.13. The van der Waals surface area contributed by atoms with Crippen molar-refractivity contribution in [3.63, 3.8) is 0 Å². The fraction of sp³-hybridized carbons (Fsp3) is 0.429. The Balaban J connectivity index is 1.32. The number of hydrogen-bond donors (Lipinski definition) is 1. The van der Waals surface area contributed by atoms with E-state index in [9.17, 15) is 9.59 Å². The van der Waals surface area contributed by atoms with Crippen molar-refractivity contribution < 1.29 is 14.3 Å². The highest BCUT2D eigenvalue weighted by molar-refractivity contribution is 5.98. The van der Waals surface area contributed by atoms with Crippen LogP contribution in [0.4, 0.5) is 0 Å². The third-order valence-electron chi connectivity index (χ3n) is 6.99. The van der Waals surface area contributed by atoms with Crippen molar-refractivity contribution in [2.24, 2.45) is 0 Å². The molecule has 37 heavy (non-hydrogen) atoms. The van der Waals surface area contributed by atoms with Crippen molar-refractivity contribution >= 4 is 33.9 Å². The van der Waals surface area contributed by atoms with Crippen LogP contribution in [0.5, 0.6) is 0 Å². The monoisotopic (exact) mass is 502 g/mol. The molecule has 9 heteroatoms. The number of aryl methyl sites for hydroxylation is 3. The van der Waals surface area contributed by atoms with Crippen molar-refractivity contribution in [3.05, 3.63) is 58.7 Å². The molecule has 1 aliphatic rings. The molecule has 1 saturated heterocycles. The number of carbonyl (C=O) groups excluding carboxylic acids is 2. The normalized spacial score (nSPS) is 14.5. The van der Waals surface area contributed by atoms with Crippen molar-refractivity contribution in [2.45, 2.75) is 40.7 Å². The summed E-state index contributed by atoms with van der Waals surface area (Å²) in [7, 11) is 0. The zero-order valence-electron chi connectivity index (χ0n) is 22.0. The molecule has 0 spiro atoms. The molecule has 0 atom stereocenters. The predicted molar refractivity (Wildman–Crippen MR) is 143 cm³/mol. The van der Waals surface area contributed by atoms with Gasteiger partial charge in [0.2, 0.25) is 0 Å². The lowest BCUT2D eigenvalue weighted by atomic mass is 10.1. The number of carbonyl (C=O) groups is 2. The molecular formula is C28H34N6O3. The SMILES string of the molecule is CCOC(=O)CN1CCN(C(=O)c2cc3cc(Cn4c(CC)nc5c(C)cc(C)nc54)ccc3[nH]2)CC1. The van der Waals surface area contributed by atoms with Gasteiger partial charge in [0.1, 0.15) is 17.0 Å². The van der Waals surface area contributed by atoms with E-state index in [4.69, 9.17) is 14.7 Å². The lowest BCUT2D eigenvalue weighted by molar-refractivity contribution is -0.144. The topological polar surface area (TPSA) is 96.3 Å². The maximum absolute atomic E-state index is 13.2. The maximum Gasteiger partial charge on any atom is 0.320 e. The van der Waals surface area contributed by atoms with Gasteiger partial charge in [-0.05, 0) is 56.2 Å². The third-order valence-corrected chi connectivity index (χ3v) is 6.99. The van der Waals surface area contributed by atoms with Crippen LogP contribution < -0.4 is 0 Å². The first kappa shape index (κ1) is 25.0. The highest BCUT2D eigenvalue weighted by atomic mass is 16.5. The summed E-state index contributed by atoms with van der Waals surface area (Å²) in [5.74, 6) is 0.783. The molecule has 4 aromatic rings. The molecule has 5 rings (SSSR count). The minimum Gasteiger partial charge on any atom is -0.465 e.